The Bertz CT molecular complexity index is 662. The van der Waals surface area contributed by atoms with Crippen LogP contribution in [0, 0.1) is 0 Å². The first-order valence-corrected chi connectivity index (χ1v) is 10.3. The third-order valence-corrected chi connectivity index (χ3v) is 4.93. The molecule has 0 N–H and O–H groups in total. The first-order chi connectivity index (χ1) is 13.2. The zero-order valence-corrected chi connectivity index (χ0v) is 17.6. The van der Waals surface area contributed by atoms with Gasteiger partial charge in [-0.25, -0.2) is 4.98 Å². The Kier molecular flexibility index (Phi) is 9.43. The molecular weight excluding hydrogens is 358 g/mol. The molecule has 5 heteroatoms. The number of nitrogens with zero attached hydrogens (tertiary/aromatic N) is 3. The van der Waals surface area contributed by atoms with Crippen molar-refractivity contribution in [2.24, 2.45) is 0 Å². The normalized spacial score (nSPS) is 11.0. The second-order valence-electron chi connectivity index (χ2n) is 6.59. The minimum Gasteiger partial charge on any atom is -0.493 e. The number of rotatable bonds is 12. The third-order valence-electron chi connectivity index (χ3n) is 4.69. The van der Waals surface area contributed by atoms with Gasteiger partial charge < -0.3 is 14.5 Å². The van der Waals surface area contributed by atoms with Gasteiger partial charge >= 0.3 is 0 Å². The van der Waals surface area contributed by atoms with Crippen LogP contribution in [0.25, 0.3) is 0 Å². The largest absolute Gasteiger partial charge is 0.493 e. The predicted octanol–water partition coefficient (Wildman–Crippen LogP) is 5.26. The van der Waals surface area contributed by atoms with E-state index in [1.165, 1.54) is 0 Å². The van der Waals surface area contributed by atoms with E-state index in [0.29, 0.717) is 0 Å². The van der Waals surface area contributed by atoms with E-state index < -0.39 is 0 Å². The summed E-state index contributed by atoms with van der Waals surface area (Å²) in [6, 6.07) is 11.9. The zero-order valence-electron chi connectivity index (χ0n) is 16.8. The summed E-state index contributed by atoms with van der Waals surface area (Å²) in [5.41, 5.74) is 1.10. The van der Waals surface area contributed by atoms with Crippen LogP contribution < -0.4 is 9.64 Å². The van der Waals surface area contributed by atoms with Crippen LogP contribution in [-0.4, -0.2) is 42.7 Å². The molecule has 1 aromatic carbocycles. The Balaban J connectivity index is 2.19. The molecule has 1 aromatic heterocycles. The topological polar surface area (TPSA) is 28.6 Å². The van der Waals surface area contributed by atoms with Crippen LogP contribution in [0.2, 0.25) is 5.02 Å². The Labute approximate surface area is 169 Å². The number of aromatic nitrogens is 1. The number of ether oxygens (including phenoxy) is 1. The van der Waals surface area contributed by atoms with E-state index in [1.807, 2.05) is 36.5 Å². The van der Waals surface area contributed by atoms with Crippen molar-refractivity contribution in [2.75, 3.05) is 37.7 Å². The maximum absolute atomic E-state index is 6.28. The summed E-state index contributed by atoms with van der Waals surface area (Å²) in [6.07, 6.45) is 4.01. The van der Waals surface area contributed by atoms with Crippen LogP contribution in [0.4, 0.5) is 5.82 Å². The highest BCUT2D eigenvalue weighted by Gasteiger charge is 2.14. The van der Waals surface area contributed by atoms with Gasteiger partial charge in [0.1, 0.15) is 11.6 Å². The Hall–Kier alpha value is -1.78. The van der Waals surface area contributed by atoms with Gasteiger partial charge in [0.25, 0.3) is 0 Å². The third kappa shape index (κ3) is 7.04. The number of pyridine rings is 1. The van der Waals surface area contributed by atoms with E-state index >= 15 is 0 Å². The van der Waals surface area contributed by atoms with Gasteiger partial charge in [0.2, 0.25) is 0 Å². The van der Waals surface area contributed by atoms with Crippen molar-refractivity contribution in [3.05, 3.63) is 53.2 Å². The smallest absolute Gasteiger partial charge is 0.128 e. The molecule has 0 amide bonds. The van der Waals surface area contributed by atoms with Crippen molar-refractivity contribution >= 4 is 17.4 Å². The van der Waals surface area contributed by atoms with E-state index in [1.54, 1.807) is 0 Å². The van der Waals surface area contributed by atoms with Crippen LogP contribution in [0.15, 0.2) is 42.6 Å². The summed E-state index contributed by atoms with van der Waals surface area (Å²) >= 11 is 6.28. The van der Waals surface area contributed by atoms with Crippen molar-refractivity contribution in [3.8, 4) is 5.75 Å². The Morgan fingerprint density at radius 1 is 1.04 bits per heavy atom. The van der Waals surface area contributed by atoms with E-state index in [2.05, 4.69) is 41.6 Å². The lowest BCUT2D eigenvalue weighted by Gasteiger charge is -2.28. The maximum atomic E-state index is 6.28. The molecule has 0 aliphatic heterocycles. The maximum Gasteiger partial charge on any atom is 0.128 e. The molecule has 0 atom stereocenters. The van der Waals surface area contributed by atoms with Crippen LogP contribution in [0.5, 0.6) is 5.75 Å². The second-order valence-corrected chi connectivity index (χ2v) is 7.03. The first-order valence-electron chi connectivity index (χ1n) is 9.97. The van der Waals surface area contributed by atoms with E-state index in [0.717, 1.165) is 74.3 Å². The summed E-state index contributed by atoms with van der Waals surface area (Å²) in [4.78, 5) is 9.29. The predicted molar refractivity (Wildman–Crippen MR) is 115 cm³/mol. The molecule has 0 unspecified atom stereocenters. The van der Waals surface area contributed by atoms with E-state index in [-0.39, 0.29) is 0 Å². The van der Waals surface area contributed by atoms with Crippen molar-refractivity contribution in [2.45, 2.75) is 40.2 Å². The van der Waals surface area contributed by atoms with Crippen molar-refractivity contribution in [3.63, 3.8) is 0 Å². The van der Waals surface area contributed by atoms with Crippen molar-refractivity contribution < 1.29 is 4.74 Å². The SMILES string of the molecule is CCCCOc1ccc(Cl)cc1CN(CCN(CC)CC)c1ccccn1. The lowest BCUT2D eigenvalue weighted by molar-refractivity contribution is 0.302. The average molecular weight is 390 g/mol. The summed E-state index contributed by atoms with van der Waals surface area (Å²) in [7, 11) is 0. The van der Waals surface area contributed by atoms with Gasteiger partial charge in [-0.1, -0.05) is 44.9 Å². The number of hydrogen-bond acceptors (Lipinski definition) is 4. The number of unbranched alkanes of at least 4 members (excludes halogenated alkanes) is 1. The molecular formula is C22H32ClN3O. The van der Waals surface area contributed by atoms with Gasteiger partial charge in [0.15, 0.2) is 0 Å². The Morgan fingerprint density at radius 2 is 1.85 bits per heavy atom. The average Bonchev–Trinajstić information content (AvgIpc) is 2.70. The highest BCUT2D eigenvalue weighted by molar-refractivity contribution is 6.30. The van der Waals surface area contributed by atoms with Gasteiger partial charge in [0.05, 0.1) is 6.61 Å². The zero-order chi connectivity index (χ0) is 19.5. The lowest BCUT2D eigenvalue weighted by Crippen LogP contribution is -2.35. The molecule has 27 heavy (non-hydrogen) atoms. The number of halogens is 1. The van der Waals surface area contributed by atoms with Gasteiger partial charge in [-0.2, -0.15) is 0 Å². The Morgan fingerprint density at radius 3 is 2.52 bits per heavy atom. The molecule has 4 nitrogen and oxygen atoms in total. The van der Waals surface area contributed by atoms with Gasteiger partial charge in [0, 0.05) is 36.4 Å². The quantitative estimate of drug-likeness (QED) is 0.463. The molecule has 1 heterocycles. The molecule has 2 aromatic rings. The standard InChI is InChI=1S/C22H32ClN3O/c1-4-7-16-27-21-12-11-20(23)17-19(21)18-26(15-14-25(5-2)6-3)22-10-8-9-13-24-22/h8-13,17H,4-7,14-16,18H2,1-3H3. The van der Waals surface area contributed by atoms with Gasteiger partial charge in [-0.05, 0) is 49.8 Å². The molecule has 0 aliphatic rings. The fourth-order valence-electron chi connectivity index (χ4n) is 2.96. The molecule has 0 radical (unpaired) electrons. The molecule has 0 saturated heterocycles. The summed E-state index contributed by atoms with van der Waals surface area (Å²) in [5.74, 6) is 1.89. The first kappa shape index (κ1) is 21.5. The highest BCUT2D eigenvalue weighted by Crippen LogP contribution is 2.26. The molecule has 0 bridgehead atoms. The second kappa shape index (κ2) is 11.8. The van der Waals surface area contributed by atoms with Crippen LogP contribution in [0.3, 0.4) is 0 Å². The number of likely N-dealkylation sites (N-methyl/N-ethyl adjacent to an activating group) is 1. The fourth-order valence-corrected chi connectivity index (χ4v) is 3.16. The van der Waals surface area contributed by atoms with Crippen molar-refractivity contribution in [1.29, 1.82) is 0 Å². The summed E-state index contributed by atoms with van der Waals surface area (Å²) in [6.45, 7) is 12.0. The molecule has 2 rings (SSSR count). The fraction of sp³-hybridized carbons (Fsp3) is 0.500. The van der Waals surface area contributed by atoms with Crippen molar-refractivity contribution in [1.82, 2.24) is 9.88 Å². The minimum atomic E-state index is 0.723. The van der Waals surface area contributed by atoms with Gasteiger partial charge in [-0.15, -0.1) is 0 Å². The molecule has 0 fully saturated rings. The summed E-state index contributed by atoms with van der Waals surface area (Å²) < 4.78 is 6.02. The number of hydrogen-bond donors (Lipinski definition) is 0. The molecule has 0 spiro atoms. The molecule has 148 valence electrons. The van der Waals surface area contributed by atoms with E-state index in [4.69, 9.17) is 16.3 Å². The van der Waals surface area contributed by atoms with Crippen LogP contribution in [0.1, 0.15) is 39.2 Å². The molecule has 0 aliphatic carbocycles. The lowest BCUT2D eigenvalue weighted by atomic mass is 10.1. The number of benzene rings is 1. The van der Waals surface area contributed by atoms with Gasteiger partial charge in [-0.3, -0.25) is 0 Å². The van der Waals surface area contributed by atoms with Crippen LogP contribution >= 0.6 is 11.6 Å². The summed E-state index contributed by atoms with van der Waals surface area (Å²) in [5, 5.41) is 0.734. The minimum absolute atomic E-state index is 0.723. The highest BCUT2D eigenvalue weighted by atomic mass is 35.5. The monoisotopic (exact) mass is 389 g/mol. The molecule has 0 saturated carbocycles. The van der Waals surface area contributed by atoms with E-state index in [9.17, 15) is 0 Å². The number of anilines is 1. The van der Waals surface area contributed by atoms with Crippen LogP contribution in [-0.2, 0) is 6.54 Å².